The molecule has 0 aliphatic heterocycles. The lowest BCUT2D eigenvalue weighted by molar-refractivity contribution is 1.19. The lowest BCUT2D eigenvalue weighted by atomic mass is 10.0. The van der Waals surface area contributed by atoms with E-state index in [0.717, 1.165) is 0 Å². The summed E-state index contributed by atoms with van der Waals surface area (Å²) in [4.78, 5) is 0. The van der Waals surface area contributed by atoms with Crippen molar-refractivity contribution in [2.24, 2.45) is 0 Å². The first-order valence-electron chi connectivity index (χ1n) is 10.7. The van der Waals surface area contributed by atoms with Crippen molar-refractivity contribution in [3.8, 4) is 5.69 Å². The third-order valence-electron chi connectivity index (χ3n) is 6.49. The smallest absolute Gasteiger partial charge is 0.0547 e. The molecule has 144 valence electrons. The molecule has 1 aromatic heterocycles. The highest BCUT2D eigenvalue weighted by atomic mass is 15.0. The van der Waals surface area contributed by atoms with Crippen molar-refractivity contribution < 1.29 is 0 Å². The normalized spacial score (nSPS) is 11.9. The molecule has 0 radical (unpaired) electrons. The lowest BCUT2D eigenvalue weighted by Crippen LogP contribution is -1.94. The molecule has 0 fully saturated rings. The van der Waals surface area contributed by atoms with E-state index in [4.69, 9.17) is 0 Å². The van der Waals surface area contributed by atoms with Crippen LogP contribution in [0, 0.1) is 0 Å². The number of fused-ring (bicyclic) bond motifs is 6. The monoisotopic (exact) mass is 393 g/mol. The summed E-state index contributed by atoms with van der Waals surface area (Å²) >= 11 is 0. The van der Waals surface area contributed by atoms with Gasteiger partial charge in [-0.25, -0.2) is 0 Å². The standard InChI is InChI=1S/C30H19N/c1-2-8-21-15-26(14-13-20(21)7-1)31-29-18-24-11-5-3-9-22(24)16-27(29)28-17-23-10-4-6-12-25(23)19-30(28)31/h1-19H. The van der Waals surface area contributed by atoms with Gasteiger partial charge in [-0.1, -0.05) is 78.9 Å². The van der Waals surface area contributed by atoms with E-state index < -0.39 is 0 Å². The highest BCUT2D eigenvalue weighted by Gasteiger charge is 2.14. The van der Waals surface area contributed by atoms with Crippen molar-refractivity contribution in [1.82, 2.24) is 4.57 Å². The summed E-state index contributed by atoms with van der Waals surface area (Å²) in [5.41, 5.74) is 3.70. The fourth-order valence-electron chi connectivity index (χ4n) is 4.98. The molecular weight excluding hydrogens is 374 g/mol. The second-order valence-electron chi connectivity index (χ2n) is 8.30. The van der Waals surface area contributed by atoms with E-state index in [1.807, 2.05) is 0 Å². The molecule has 0 aliphatic rings. The Balaban J connectivity index is 1.69. The Labute approximate surface area is 179 Å². The molecule has 0 bridgehead atoms. The van der Waals surface area contributed by atoms with E-state index in [9.17, 15) is 0 Å². The van der Waals surface area contributed by atoms with Crippen molar-refractivity contribution in [1.29, 1.82) is 0 Å². The van der Waals surface area contributed by atoms with Crippen LogP contribution in [-0.2, 0) is 0 Å². The average molecular weight is 393 g/mol. The molecule has 1 nitrogen and oxygen atoms in total. The fourth-order valence-corrected chi connectivity index (χ4v) is 4.98. The Morgan fingerprint density at radius 3 is 1.29 bits per heavy atom. The molecule has 0 saturated carbocycles. The number of aromatic nitrogens is 1. The second kappa shape index (κ2) is 6.20. The van der Waals surface area contributed by atoms with Crippen molar-refractivity contribution in [3.05, 3.63) is 115 Å². The largest absolute Gasteiger partial charge is 0.309 e. The van der Waals surface area contributed by atoms with Crippen LogP contribution < -0.4 is 0 Å². The molecule has 0 atom stereocenters. The minimum absolute atomic E-state index is 1.20. The Hall–Kier alpha value is -4.10. The van der Waals surface area contributed by atoms with Crippen molar-refractivity contribution in [2.75, 3.05) is 0 Å². The van der Waals surface area contributed by atoms with Crippen LogP contribution in [0.1, 0.15) is 0 Å². The fraction of sp³-hybridized carbons (Fsp3) is 0. The molecule has 0 unspecified atom stereocenters. The Kier molecular flexibility index (Phi) is 3.33. The zero-order valence-electron chi connectivity index (χ0n) is 16.9. The van der Waals surface area contributed by atoms with Gasteiger partial charge < -0.3 is 4.57 Å². The molecule has 6 aromatic carbocycles. The Morgan fingerprint density at radius 1 is 0.355 bits per heavy atom. The number of benzene rings is 6. The number of rotatable bonds is 1. The Bertz CT molecular complexity index is 1690. The highest BCUT2D eigenvalue weighted by molar-refractivity contribution is 6.16. The van der Waals surface area contributed by atoms with Gasteiger partial charge in [0.15, 0.2) is 0 Å². The molecule has 7 aromatic rings. The van der Waals surface area contributed by atoms with Crippen LogP contribution in [0.5, 0.6) is 0 Å². The third-order valence-corrected chi connectivity index (χ3v) is 6.49. The maximum absolute atomic E-state index is 2.43. The van der Waals surface area contributed by atoms with Crippen LogP contribution in [0.25, 0.3) is 59.8 Å². The number of nitrogens with zero attached hydrogens (tertiary/aromatic N) is 1. The van der Waals surface area contributed by atoms with Gasteiger partial charge in [0.25, 0.3) is 0 Å². The van der Waals surface area contributed by atoms with E-state index in [0.29, 0.717) is 0 Å². The van der Waals surface area contributed by atoms with E-state index in [1.54, 1.807) is 0 Å². The first kappa shape index (κ1) is 16.7. The number of hydrogen-bond acceptors (Lipinski definition) is 0. The van der Waals surface area contributed by atoms with Crippen LogP contribution in [0.4, 0.5) is 0 Å². The van der Waals surface area contributed by atoms with Gasteiger partial charge in [-0.15, -0.1) is 0 Å². The van der Waals surface area contributed by atoms with Gasteiger partial charge in [0.1, 0.15) is 0 Å². The second-order valence-corrected chi connectivity index (χ2v) is 8.30. The SMILES string of the molecule is c1ccc2cc(-n3c4cc5ccccc5cc4c4cc5ccccc5cc43)ccc2c1. The highest BCUT2D eigenvalue weighted by Crippen LogP contribution is 2.37. The van der Waals surface area contributed by atoms with Crippen LogP contribution in [0.2, 0.25) is 0 Å². The van der Waals surface area contributed by atoms with E-state index in [2.05, 4.69) is 120 Å². The summed E-state index contributed by atoms with van der Waals surface area (Å²) < 4.78 is 2.43. The minimum Gasteiger partial charge on any atom is -0.309 e. The minimum atomic E-state index is 1.20. The van der Waals surface area contributed by atoms with Gasteiger partial charge in [0.05, 0.1) is 11.0 Å². The lowest BCUT2D eigenvalue weighted by Gasteiger charge is -2.10. The molecular formula is C30H19N. The van der Waals surface area contributed by atoms with Crippen molar-refractivity contribution >= 4 is 54.1 Å². The molecule has 1 heteroatoms. The quantitative estimate of drug-likeness (QED) is 0.265. The van der Waals surface area contributed by atoms with Crippen molar-refractivity contribution in [3.63, 3.8) is 0 Å². The molecule has 7 rings (SSSR count). The zero-order chi connectivity index (χ0) is 20.4. The van der Waals surface area contributed by atoms with E-state index in [-0.39, 0.29) is 0 Å². The maximum Gasteiger partial charge on any atom is 0.0547 e. The van der Waals surface area contributed by atoms with Crippen LogP contribution >= 0.6 is 0 Å². The predicted molar refractivity (Wildman–Crippen MR) is 133 cm³/mol. The summed E-state index contributed by atoms with van der Waals surface area (Å²) in [6.07, 6.45) is 0. The molecule has 1 heterocycles. The molecule has 0 amide bonds. The van der Waals surface area contributed by atoms with Gasteiger partial charge in [-0.3, -0.25) is 0 Å². The predicted octanol–water partition coefficient (Wildman–Crippen LogP) is 8.24. The van der Waals surface area contributed by atoms with E-state index in [1.165, 1.54) is 59.8 Å². The van der Waals surface area contributed by atoms with Gasteiger partial charge in [-0.05, 0) is 68.7 Å². The third kappa shape index (κ3) is 2.44. The van der Waals surface area contributed by atoms with Crippen LogP contribution in [-0.4, -0.2) is 4.57 Å². The maximum atomic E-state index is 2.43. The summed E-state index contributed by atoms with van der Waals surface area (Å²) in [5, 5.41) is 10.2. The molecule has 0 saturated heterocycles. The summed E-state index contributed by atoms with van der Waals surface area (Å²) in [6.45, 7) is 0. The molecule has 0 aliphatic carbocycles. The zero-order valence-corrected chi connectivity index (χ0v) is 16.9. The van der Waals surface area contributed by atoms with Crippen LogP contribution in [0.15, 0.2) is 115 Å². The first-order valence-corrected chi connectivity index (χ1v) is 10.7. The van der Waals surface area contributed by atoms with Crippen molar-refractivity contribution in [2.45, 2.75) is 0 Å². The topological polar surface area (TPSA) is 4.93 Å². The summed E-state index contributed by atoms with van der Waals surface area (Å²) in [7, 11) is 0. The van der Waals surface area contributed by atoms with Crippen LogP contribution in [0.3, 0.4) is 0 Å². The molecule has 0 N–H and O–H groups in total. The van der Waals surface area contributed by atoms with Gasteiger partial charge in [0, 0.05) is 16.5 Å². The molecule has 0 spiro atoms. The Morgan fingerprint density at radius 2 is 0.774 bits per heavy atom. The number of hydrogen-bond donors (Lipinski definition) is 0. The first-order chi connectivity index (χ1) is 15.3. The molecule has 31 heavy (non-hydrogen) atoms. The van der Waals surface area contributed by atoms with Gasteiger partial charge in [-0.2, -0.15) is 0 Å². The summed E-state index contributed by atoms with van der Waals surface area (Å²) in [6, 6.07) is 42.0. The summed E-state index contributed by atoms with van der Waals surface area (Å²) in [5.74, 6) is 0. The van der Waals surface area contributed by atoms with Gasteiger partial charge in [0.2, 0.25) is 0 Å². The van der Waals surface area contributed by atoms with E-state index >= 15 is 0 Å². The average Bonchev–Trinajstić information content (AvgIpc) is 3.13. The van der Waals surface area contributed by atoms with Gasteiger partial charge >= 0.3 is 0 Å².